The summed E-state index contributed by atoms with van der Waals surface area (Å²) >= 11 is 0. The Morgan fingerprint density at radius 2 is 1.46 bits per heavy atom. The van der Waals surface area contributed by atoms with E-state index in [0.29, 0.717) is 18.1 Å². The van der Waals surface area contributed by atoms with Crippen molar-refractivity contribution < 1.29 is 4.74 Å². The molecule has 0 aromatic heterocycles. The van der Waals surface area contributed by atoms with Gasteiger partial charge in [0.2, 0.25) is 0 Å². The molecule has 2 heteroatoms. The second kappa shape index (κ2) is 7.96. The van der Waals surface area contributed by atoms with Crippen molar-refractivity contribution in [2.45, 2.75) is 44.9 Å². The molecule has 0 spiro atoms. The molecule has 1 aliphatic heterocycles. The first-order valence-corrected chi connectivity index (χ1v) is 9.10. The average molecular weight is 323 g/mol. The quantitative estimate of drug-likeness (QED) is 0.775. The third-order valence-electron chi connectivity index (χ3n) is 5.18. The predicted octanol–water partition coefficient (Wildman–Crippen LogP) is 4.91. The first-order chi connectivity index (χ1) is 11.6. The summed E-state index contributed by atoms with van der Waals surface area (Å²) in [7, 11) is 2.24. The minimum Gasteiger partial charge on any atom is -0.365 e. The highest BCUT2D eigenvalue weighted by Gasteiger charge is 2.30. The van der Waals surface area contributed by atoms with Crippen molar-refractivity contribution in [2.75, 3.05) is 13.6 Å². The molecule has 1 aliphatic rings. The van der Waals surface area contributed by atoms with Gasteiger partial charge in [-0.15, -0.1) is 0 Å². The summed E-state index contributed by atoms with van der Waals surface area (Å²) < 4.78 is 6.67. The lowest BCUT2D eigenvalue weighted by Crippen LogP contribution is -2.45. The molecule has 2 atom stereocenters. The van der Waals surface area contributed by atoms with Gasteiger partial charge < -0.3 is 9.64 Å². The van der Waals surface area contributed by atoms with E-state index >= 15 is 0 Å². The smallest absolute Gasteiger partial charge is 0.108 e. The van der Waals surface area contributed by atoms with E-state index < -0.39 is 0 Å². The third-order valence-corrected chi connectivity index (χ3v) is 5.18. The van der Waals surface area contributed by atoms with Gasteiger partial charge in [-0.1, -0.05) is 74.5 Å². The zero-order valence-corrected chi connectivity index (χ0v) is 15.1. The zero-order valence-electron chi connectivity index (χ0n) is 15.1. The molecule has 0 aliphatic carbocycles. The predicted molar refractivity (Wildman–Crippen MR) is 100 cm³/mol. The molecule has 2 nitrogen and oxygen atoms in total. The van der Waals surface area contributed by atoms with Gasteiger partial charge >= 0.3 is 0 Å². The first-order valence-electron chi connectivity index (χ1n) is 9.10. The number of hydrogen-bond donors (Lipinski definition) is 0. The van der Waals surface area contributed by atoms with Gasteiger partial charge in [-0.3, -0.25) is 0 Å². The number of benzene rings is 2. The molecule has 3 rings (SSSR count). The third kappa shape index (κ3) is 4.06. The Balaban J connectivity index is 1.80. The Morgan fingerprint density at radius 1 is 0.917 bits per heavy atom. The van der Waals surface area contributed by atoms with Crippen LogP contribution < -0.4 is 0 Å². The van der Waals surface area contributed by atoms with Crippen LogP contribution in [0.2, 0.25) is 0 Å². The highest BCUT2D eigenvalue weighted by atomic mass is 16.5. The molecule has 2 aromatic carbocycles. The summed E-state index contributed by atoms with van der Waals surface area (Å²) in [6, 6.07) is 21.8. The molecule has 0 unspecified atom stereocenters. The van der Waals surface area contributed by atoms with E-state index in [0.717, 1.165) is 19.4 Å². The van der Waals surface area contributed by atoms with Crippen molar-refractivity contribution in [1.29, 1.82) is 0 Å². The van der Waals surface area contributed by atoms with Gasteiger partial charge in [0.05, 0.1) is 6.10 Å². The Morgan fingerprint density at radius 3 is 1.96 bits per heavy atom. The topological polar surface area (TPSA) is 12.5 Å². The monoisotopic (exact) mass is 323 g/mol. The molecule has 1 saturated heterocycles. The average Bonchev–Trinajstić information content (AvgIpc) is 2.62. The van der Waals surface area contributed by atoms with Crippen LogP contribution in [0.4, 0.5) is 0 Å². The van der Waals surface area contributed by atoms with Gasteiger partial charge in [-0.25, -0.2) is 0 Å². The summed E-state index contributed by atoms with van der Waals surface area (Å²) in [5, 5.41) is 0. The fraction of sp³-hybridized carbons (Fsp3) is 0.455. The van der Waals surface area contributed by atoms with Crippen molar-refractivity contribution >= 4 is 0 Å². The number of piperidine rings is 1. The maximum atomic E-state index is 6.67. The van der Waals surface area contributed by atoms with Crippen LogP contribution in [-0.4, -0.2) is 30.6 Å². The van der Waals surface area contributed by atoms with Crippen molar-refractivity contribution in [3.63, 3.8) is 0 Å². The van der Waals surface area contributed by atoms with Gasteiger partial charge in [0.1, 0.15) is 6.10 Å². The minimum absolute atomic E-state index is 0.0219. The Hall–Kier alpha value is -1.64. The van der Waals surface area contributed by atoms with E-state index in [2.05, 4.69) is 86.5 Å². The molecular weight excluding hydrogens is 294 g/mol. The van der Waals surface area contributed by atoms with E-state index in [1.165, 1.54) is 11.1 Å². The Labute approximate surface area is 146 Å². The van der Waals surface area contributed by atoms with Crippen LogP contribution >= 0.6 is 0 Å². The zero-order chi connectivity index (χ0) is 16.9. The number of rotatable bonds is 5. The summed E-state index contributed by atoms with van der Waals surface area (Å²) in [4.78, 5) is 2.49. The number of likely N-dealkylation sites (tertiary alicyclic amines) is 1. The molecule has 128 valence electrons. The lowest BCUT2D eigenvalue weighted by atomic mass is 9.91. The first kappa shape index (κ1) is 17.2. The van der Waals surface area contributed by atoms with Crippen molar-refractivity contribution in [3.8, 4) is 0 Å². The Bertz CT molecular complexity index is 571. The van der Waals surface area contributed by atoms with E-state index in [-0.39, 0.29) is 6.10 Å². The standard InChI is InChI=1S/C22H29NO/c1-17(2)21-16-20(14-15-23(21)3)24-22(18-10-6-4-7-11-18)19-12-8-5-9-13-19/h4-13,17,20-22H,14-16H2,1-3H3/t20-,21+/m1/s1. The van der Waals surface area contributed by atoms with E-state index in [1.54, 1.807) is 0 Å². The summed E-state index contributed by atoms with van der Waals surface area (Å²) in [5.74, 6) is 0.660. The van der Waals surface area contributed by atoms with Gasteiger partial charge in [0.25, 0.3) is 0 Å². The van der Waals surface area contributed by atoms with Crippen LogP contribution in [0.5, 0.6) is 0 Å². The van der Waals surface area contributed by atoms with Crippen molar-refractivity contribution in [2.24, 2.45) is 5.92 Å². The molecule has 0 saturated carbocycles. The molecule has 0 N–H and O–H groups in total. The van der Waals surface area contributed by atoms with Crippen molar-refractivity contribution in [3.05, 3.63) is 71.8 Å². The van der Waals surface area contributed by atoms with Crippen LogP contribution in [0, 0.1) is 5.92 Å². The molecule has 1 fully saturated rings. The molecule has 0 radical (unpaired) electrons. The molecule has 2 aromatic rings. The highest BCUT2D eigenvalue weighted by Crippen LogP contribution is 2.32. The van der Waals surface area contributed by atoms with Gasteiger partial charge in [-0.05, 0) is 36.9 Å². The Kier molecular flexibility index (Phi) is 5.70. The molecule has 0 bridgehead atoms. The number of hydrogen-bond acceptors (Lipinski definition) is 2. The van der Waals surface area contributed by atoms with E-state index in [4.69, 9.17) is 4.74 Å². The fourth-order valence-corrected chi connectivity index (χ4v) is 3.78. The lowest BCUT2D eigenvalue weighted by molar-refractivity contribution is -0.0466. The summed E-state index contributed by atoms with van der Waals surface area (Å²) in [6.45, 7) is 5.74. The second-order valence-electron chi connectivity index (χ2n) is 7.28. The lowest BCUT2D eigenvalue weighted by Gasteiger charge is -2.40. The maximum absolute atomic E-state index is 6.67. The summed E-state index contributed by atoms with van der Waals surface area (Å²) in [6.07, 6.45) is 2.56. The fourth-order valence-electron chi connectivity index (χ4n) is 3.78. The van der Waals surface area contributed by atoms with Gasteiger partial charge in [0, 0.05) is 12.6 Å². The number of nitrogens with zero attached hydrogens (tertiary/aromatic N) is 1. The van der Waals surface area contributed by atoms with E-state index in [1.807, 2.05) is 0 Å². The molecule has 24 heavy (non-hydrogen) atoms. The SMILES string of the molecule is CC(C)[C@@H]1C[C@H](OC(c2ccccc2)c2ccccc2)CCN1C. The van der Waals surface area contributed by atoms with Crippen LogP contribution in [0.15, 0.2) is 60.7 Å². The number of ether oxygens (including phenoxy) is 1. The van der Waals surface area contributed by atoms with Gasteiger partial charge in [-0.2, -0.15) is 0 Å². The second-order valence-corrected chi connectivity index (χ2v) is 7.28. The van der Waals surface area contributed by atoms with E-state index in [9.17, 15) is 0 Å². The largest absolute Gasteiger partial charge is 0.365 e. The molecular formula is C22H29NO. The normalized spacial score (nSPS) is 22.2. The maximum Gasteiger partial charge on any atom is 0.108 e. The molecule has 0 amide bonds. The van der Waals surface area contributed by atoms with Crippen LogP contribution in [0.25, 0.3) is 0 Å². The van der Waals surface area contributed by atoms with Crippen molar-refractivity contribution in [1.82, 2.24) is 4.90 Å². The van der Waals surface area contributed by atoms with Crippen LogP contribution in [0.3, 0.4) is 0 Å². The minimum atomic E-state index is 0.0219. The molecule has 1 heterocycles. The van der Waals surface area contributed by atoms with Crippen LogP contribution in [0.1, 0.15) is 43.9 Å². The summed E-state index contributed by atoms with van der Waals surface area (Å²) in [5.41, 5.74) is 2.48. The highest BCUT2D eigenvalue weighted by molar-refractivity contribution is 5.30. The van der Waals surface area contributed by atoms with Crippen LogP contribution in [-0.2, 0) is 4.74 Å². The van der Waals surface area contributed by atoms with Gasteiger partial charge in [0.15, 0.2) is 0 Å².